The maximum absolute atomic E-state index is 14.1. The molecule has 138 valence electrons. The highest BCUT2D eigenvalue weighted by molar-refractivity contribution is 5.72. The Labute approximate surface area is 156 Å². The molecule has 4 heteroatoms. The minimum absolute atomic E-state index is 0.196. The van der Waals surface area contributed by atoms with Gasteiger partial charge in [-0.3, -0.25) is 0 Å². The molecule has 0 aliphatic carbocycles. The maximum Gasteiger partial charge on any atom is 0.166 e. The molecule has 0 radical (unpaired) electrons. The fraction of sp³-hybridized carbons (Fsp3) is 0.130. The molecule has 1 nitrogen and oxygen atoms in total. The summed E-state index contributed by atoms with van der Waals surface area (Å²) < 4.78 is 46.7. The number of ether oxygens (including phenoxy) is 1. The maximum atomic E-state index is 14.1. The van der Waals surface area contributed by atoms with Crippen molar-refractivity contribution in [2.75, 3.05) is 7.11 Å². The Hall–Kier alpha value is -3.01. The van der Waals surface area contributed by atoms with Crippen LogP contribution in [0.5, 0.6) is 5.75 Å². The van der Waals surface area contributed by atoms with Crippen molar-refractivity contribution < 1.29 is 17.9 Å². The quantitative estimate of drug-likeness (QED) is 0.466. The SMILES string of the molecule is CCc1ccc(/C=C/c2ccc(-c3ccc(OC)c(F)c3)cc2)c(F)c1F. The van der Waals surface area contributed by atoms with Gasteiger partial charge < -0.3 is 4.74 Å². The third kappa shape index (κ3) is 4.05. The van der Waals surface area contributed by atoms with Gasteiger partial charge in [-0.15, -0.1) is 0 Å². The lowest BCUT2D eigenvalue weighted by atomic mass is 10.0. The van der Waals surface area contributed by atoms with Crippen LogP contribution in [0.4, 0.5) is 13.2 Å². The lowest BCUT2D eigenvalue weighted by Gasteiger charge is -2.06. The summed E-state index contributed by atoms with van der Waals surface area (Å²) in [6.45, 7) is 1.78. The molecule has 0 aliphatic rings. The highest BCUT2D eigenvalue weighted by Crippen LogP contribution is 2.26. The van der Waals surface area contributed by atoms with Crippen LogP contribution in [-0.2, 0) is 6.42 Å². The van der Waals surface area contributed by atoms with E-state index < -0.39 is 17.5 Å². The molecule has 0 aromatic heterocycles. The Morgan fingerprint density at radius 3 is 2.15 bits per heavy atom. The van der Waals surface area contributed by atoms with Crippen LogP contribution in [0.1, 0.15) is 23.6 Å². The van der Waals surface area contributed by atoms with Gasteiger partial charge in [-0.2, -0.15) is 0 Å². The Balaban J connectivity index is 1.81. The number of methoxy groups -OCH3 is 1. The summed E-state index contributed by atoms with van der Waals surface area (Å²) in [7, 11) is 1.42. The van der Waals surface area contributed by atoms with Gasteiger partial charge in [-0.25, -0.2) is 13.2 Å². The fourth-order valence-electron chi connectivity index (χ4n) is 2.82. The normalized spacial score (nSPS) is 11.1. The Kier molecular flexibility index (Phi) is 5.65. The standard InChI is InChI=1S/C23H19F3O/c1-3-16-10-11-18(23(26)22(16)25)9-6-15-4-7-17(8-5-15)19-12-13-21(27-2)20(24)14-19/h4-14H,3H2,1-2H3/b9-6+. The van der Waals surface area contributed by atoms with Crippen LogP contribution in [-0.4, -0.2) is 7.11 Å². The number of aryl methyl sites for hydroxylation is 1. The predicted molar refractivity (Wildman–Crippen MR) is 103 cm³/mol. The summed E-state index contributed by atoms with van der Waals surface area (Å²) in [5.74, 6) is -1.86. The van der Waals surface area contributed by atoms with E-state index in [2.05, 4.69) is 0 Å². The molecular formula is C23H19F3O. The van der Waals surface area contributed by atoms with Crippen molar-refractivity contribution in [3.05, 3.63) is 88.7 Å². The van der Waals surface area contributed by atoms with Gasteiger partial charge in [0.1, 0.15) is 0 Å². The molecule has 0 saturated carbocycles. The first-order chi connectivity index (χ1) is 13.0. The van der Waals surface area contributed by atoms with Crippen molar-refractivity contribution in [1.82, 2.24) is 0 Å². The molecule has 0 unspecified atom stereocenters. The third-order valence-corrected chi connectivity index (χ3v) is 4.42. The van der Waals surface area contributed by atoms with Crippen LogP contribution in [0, 0.1) is 17.5 Å². The molecule has 0 saturated heterocycles. The van der Waals surface area contributed by atoms with Gasteiger partial charge >= 0.3 is 0 Å². The summed E-state index contributed by atoms with van der Waals surface area (Å²) in [6, 6.07) is 15.3. The van der Waals surface area contributed by atoms with Crippen LogP contribution in [0.2, 0.25) is 0 Å². The van der Waals surface area contributed by atoms with Crippen LogP contribution < -0.4 is 4.74 Å². The minimum Gasteiger partial charge on any atom is -0.494 e. The summed E-state index contributed by atoms with van der Waals surface area (Å²) in [6.07, 6.45) is 3.70. The molecule has 0 spiro atoms. The molecule has 3 aromatic carbocycles. The molecule has 0 bridgehead atoms. The van der Waals surface area contributed by atoms with E-state index in [-0.39, 0.29) is 11.3 Å². The van der Waals surface area contributed by atoms with Crippen molar-refractivity contribution >= 4 is 12.2 Å². The summed E-state index contributed by atoms with van der Waals surface area (Å²) in [5.41, 5.74) is 2.96. The Morgan fingerprint density at radius 2 is 1.52 bits per heavy atom. The van der Waals surface area contributed by atoms with Crippen LogP contribution in [0.25, 0.3) is 23.3 Å². The van der Waals surface area contributed by atoms with Crippen LogP contribution in [0.15, 0.2) is 54.6 Å². The van der Waals surface area contributed by atoms with Crippen molar-refractivity contribution in [2.45, 2.75) is 13.3 Å². The Bertz CT molecular complexity index is 976. The van der Waals surface area contributed by atoms with E-state index in [4.69, 9.17) is 4.74 Å². The van der Waals surface area contributed by atoms with E-state index in [1.54, 1.807) is 43.3 Å². The average Bonchev–Trinajstić information content (AvgIpc) is 2.69. The van der Waals surface area contributed by atoms with Gasteiger partial charge in [0, 0.05) is 5.56 Å². The highest BCUT2D eigenvalue weighted by atomic mass is 19.2. The van der Waals surface area contributed by atoms with Gasteiger partial charge in [0.2, 0.25) is 0 Å². The van der Waals surface area contributed by atoms with Gasteiger partial charge in [-0.05, 0) is 40.8 Å². The zero-order valence-electron chi connectivity index (χ0n) is 15.1. The third-order valence-electron chi connectivity index (χ3n) is 4.42. The molecule has 0 amide bonds. The molecule has 0 fully saturated rings. The number of benzene rings is 3. The van der Waals surface area contributed by atoms with E-state index in [0.717, 1.165) is 16.7 Å². The molecule has 27 heavy (non-hydrogen) atoms. The zero-order chi connectivity index (χ0) is 19.4. The first-order valence-electron chi connectivity index (χ1n) is 8.62. The van der Waals surface area contributed by atoms with Crippen LogP contribution >= 0.6 is 0 Å². The number of hydrogen-bond donors (Lipinski definition) is 0. The topological polar surface area (TPSA) is 9.23 Å². The monoisotopic (exact) mass is 368 g/mol. The molecule has 0 heterocycles. The van der Waals surface area contributed by atoms with E-state index in [1.165, 1.54) is 13.2 Å². The van der Waals surface area contributed by atoms with Crippen molar-refractivity contribution in [3.8, 4) is 16.9 Å². The summed E-state index contributed by atoms with van der Waals surface area (Å²) in [4.78, 5) is 0. The second-order valence-corrected chi connectivity index (χ2v) is 6.10. The molecule has 0 atom stereocenters. The largest absolute Gasteiger partial charge is 0.494 e. The summed E-state index contributed by atoms with van der Waals surface area (Å²) >= 11 is 0. The second kappa shape index (κ2) is 8.12. The number of halogens is 3. The first-order valence-corrected chi connectivity index (χ1v) is 8.62. The average molecular weight is 368 g/mol. The fourth-order valence-corrected chi connectivity index (χ4v) is 2.82. The predicted octanol–water partition coefficient (Wildman–Crippen LogP) is 6.51. The van der Waals surface area contributed by atoms with E-state index in [0.29, 0.717) is 12.0 Å². The van der Waals surface area contributed by atoms with Crippen molar-refractivity contribution in [2.24, 2.45) is 0 Å². The second-order valence-electron chi connectivity index (χ2n) is 6.10. The molecule has 0 N–H and O–H groups in total. The van der Waals surface area contributed by atoms with Crippen LogP contribution in [0.3, 0.4) is 0 Å². The molecule has 3 rings (SSSR count). The molecule has 3 aromatic rings. The van der Waals surface area contributed by atoms with Crippen molar-refractivity contribution in [3.63, 3.8) is 0 Å². The number of rotatable bonds is 5. The van der Waals surface area contributed by atoms with E-state index in [1.807, 2.05) is 24.3 Å². The Morgan fingerprint density at radius 1 is 0.815 bits per heavy atom. The zero-order valence-corrected chi connectivity index (χ0v) is 15.1. The number of hydrogen-bond acceptors (Lipinski definition) is 1. The minimum atomic E-state index is -0.837. The molecular weight excluding hydrogens is 349 g/mol. The summed E-state index contributed by atoms with van der Waals surface area (Å²) in [5, 5.41) is 0. The molecule has 0 aliphatic heterocycles. The smallest absolute Gasteiger partial charge is 0.166 e. The van der Waals surface area contributed by atoms with E-state index in [9.17, 15) is 13.2 Å². The van der Waals surface area contributed by atoms with Crippen molar-refractivity contribution in [1.29, 1.82) is 0 Å². The van der Waals surface area contributed by atoms with Gasteiger partial charge in [0.15, 0.2) is 23.2 Å². The first kappa shape index (κ1) is 18.8. The lowest BCUT2D eigenvalue weighted by Crippen LogP contribution is -1.95. The van der Waals surface area contributed by atoms with E-state index >= 15 is 0 Å². The van der Waals surface area contributed by atoms with Gasteiger partial charge in [-0.1, -0.05) is 61.5 Å². The van der Waals surface area contributed by atoms with Gasteiger partial charge in [0.05, 0.1) is 7.11 Å². The highest BCUT2D eigenvalue weighted by Gasteiger charge is 2.10. The lowest BCUT2D eigenvalue weighted by molar-refractivity contribution is 0.386. The van der Waals surface area contributed by atoms with Gasteiger partial charge in [0.25, 0.3) is 0 Å².